The lowest BCUT2D eigenvalue weighted by molar-refractivity contribution is -0.138. The van der Waals surface area contributed by atoms with Crippen molar-refractivity contribution in [2.24, 2.45) is 5.41 Å². The van der Waals surface area contributed by atoms with Crippen LogP contribution in [0.5, 0.6) is 0 Å². The summed E-state index contributed by atoms with van der Waals surface area (Å²) in [4.78, 5) is 10.8. The number of halogens is 2. The maximum atomic E-state index is 12.7. The molecule has 102 valence electrons. The number of aromatic nitrogens is 4. The number of rotatable bonds is 5. The topological polar surface area (TPSA) is 80.9 Å². The second kappa shape index (κ2) is 5.36. The van der Waals surface area contributed by atoms with Gasteiger partial charge in [-0.1, -0.05) is 20.8 Å². The Balaban J connectivity index is 3.01. The number of tetrazole rings is 1. The third-order valence-electron chi connectivity index (χ3n) is 2.32. The molecule has 0 aromatic carbocycles. The Hall–Kier alpha value is -1.60. The van der Waals surface area contributed by atoms with E-state index in [-0.39, 0.29) is 11.8 Å². The number of hydrogen-bond donors (Lipinski definition) is 1. The molecule has 1 heterocycles. The van der Waals surface area contributed by atoms with Crippen LogP contribution in [-0.2, 0) is 4.79 Å². The number of carboxylic acids is 1. The number of alkyl halides is 2. The second-order valence-corrected chi connectivity index (χ2v) is 5.30. The summed E-state index contributed by atoms with van der Waals surface area (Å²) < 4.78 is 26.3. The molecule has 1 unspecified atom stereocenters. The minimum atomic E-state index is -2.82. The summed E-state index contributed by atoms with van der Waals surface area (Å²) in [6.07, 6.45) is -2.72. The van der Waals surface area contributed by atoms with E-state index in [2.05, 4.69) is 15.5 Å². The molecule has 1 aromatic heterocycles. The Morgan fingerprint density at radius 1 is 1.44 bits per heavy atom. The minimum Gasteiger partial charge on any atom is -0.481 e. The monoisotopic (exact) mass is 262 g/mol. The molecule has 0 bridgehead atoms. The van der Waals surface area contributed by atoms with Gasteiger partial charge in [0.15, 0.2) is 0 Å². The van der Waals surface area contributed by atoms with Crippen molar-refractivity contribution in [3.8, 4) is 0 Å². The van der Waals surface area contributed by atoms with Gasteiger partial charge in [0.2, 0.25) is 5.82 Å². The van der Waals surface area contributed by atoms with Crippen molar-refractivity contribution in [3.05, 3.63) is 5.82 Å². The van der Waals surface area contributed by atoms with Gasteiger partial charge in [-0.15, -0.1) is 5.10 Å². The highest BCUT2D eigenvalue weighted by atomic mass is 19.3. The van der Waals surface area contributed by atoms with E-state index in [1.165, 1.54) is 0 Å². The average Bonchev–Trinajstić information content (AvgIpc) is 2.61. The molecule has 1 rings (SSSR count). The Kier molecular flexibility index (Phi) is 4.31. The Morgan fingerprint density at radius 2 is 2.06 bits per heavy atom. The first-order chi connectivity index (χ1) is 8.20. The van der Waals surface area contributed by atoms with Gasteiger partial charge in [0.25, 0.3) is 6.43 Å². The molecule has 8 heteroatoms. The quantitative estimate of drug-likeness (QED) is 0.878. The van der Waals surface area contributed by atoms with Crippen LogP contribution in [0.3, 0.4) is 0 Å². The molecule has 6 nitrogen and oxygen atoms in total. The maximum absolute atomic E-state index is 12.7. The molecule has 0 fully saturated rings. The number of hydrogen-bond acceptors (Lipinski definition) is 4. The highest BCUT2D eigenvalue weighted by Crippen LogP contribution is 2.31. The van der Waals surface area contributed by atoms with Crippen molar-refractivity contribution in [3.63, 3.8) is 0 Å². The molecule has 18 heavy (non-hydrogen) atoms. The van der Waals surface area contributed by atoms with Gasteiger partial charge < -0.3 is 5.11 Å². The van der Waals surface area contributed by atoms with E-state index in [9.17, 15) is 13.6 Å². The van der Waals surface area contributed by atoms with E-state index >= 15 is 0 Å². The third kappa shape index (κ3) is 4.01. The molecule has 0 amide bonds. The lowest BCUT2D eigenvalue weighted by Crippen LogP contribution is -2.23. The van der Waals surface area contributed by atoms with Crippen LogP contribution in [0.4, 0.5) is 8.78 Å². The molecule has 0 radical (unpaired) electrons. The van der Waals surface area contributed by atoms with Gasteiger partial charge in [0.05, 0.1) is 12.5 Å². The molecule has 1 N–H and O–H groups in total. The predicted octanol–water partition coefficient (Wildman–Crippen LogP) is 2.06. The second-order valence-electron chi connectivity index (χ2n) is 5.30. The first-order valence-corrected chi connectivity index (χ1v) is 5.48. The van der Waals surface area contributed by atoms with Gasteiger partial charge >= 0.3 is 5.97 Å². The van der Waals surface area contributed by atoms with Gasteiger partial charge in [0, 0.05) is 0 Å². The zero-order valence-corrected chi connectivity index (χ0v) is 10.5. The van der Waals surface area contributed by atoms with Crippen molar-refractivity contribution >= 4 is 5.97 Å². The Morgan fingerprint density at radius 3 is 2.50 bits per heavy atom. The number of aliphatic carboxylic acids is 1. The van der Waals surface area contributed by atoms with Crippen molar-refractivity contribution in [1.29, 1.82) is 0 Å². The fourth-order valence-corrected chi connectivity index (χ4v) is 1.76. The summed E-state index contributed by atoms with van der Waals surface area (Å²) in [6.45, 7) is 5.69. The van der Waals surface area contributed by atoms with Gasteiger partial charge in [-0.05, 0) is 22.3 Å². The molecular weight excluding hydrogens is 246 g/mol. The molecule has 0 spiro atoms. The fourth-order valence-electron chi connectivity index (χ4n) is 1.76. The highest BCUT2D eigenvalue weighted by Gasteiger charge is 2.28. The molecular formula is C10H16F2N4O2. The SMILES string of the molecule is CC(C)(C)CC(CC(=O)O)n1nnnc1C(F)F. The zero-order valence-electron chi connectivity index (χ0n) is 10.5. The lowest BCUT2D eigenvalue weighted by Gasteiger charge is -2.25. The van der Waals surface area contributed by atoms with E-state index in [1.54, 1.807) is 0 Å². The fraction of sp³-hybridized carbons (Fsp3) is 0.800. The van der Waals surface area contributed by atoms with Crippen molar-refractivity contribution in [1.82, 2.24) is 20.2 Å². The van der Waals surface area contributed by atoms with Crippen LogP contribution in [0.1, 0.15) is 51.9 Å². The number of carboxylic acid groups (broad SMARTS) is 1. The van der Waals surface area contributed by atoms with Gasteiger partial charge in [-0.2, -0.15) is 0 Å². The Labute approximate surface area is 103 Å². The normalized spacial score (nSPS) is 13.9. The van der Waals surface area contributed by atoms with E-state index in [0.29, 0.717) is 6.42 Å². The lowest BCUT2D eigenvalue weighted by atomic mass is 9.87. The van der Waals surface area contributed by atoms with Crippen molar-refractivity contribution in [2.75, 3.05) is 0 Å². The van der Waals surface area contributed by atoms with Crippen LogP contribution in [0.15, 0.2) is 0 Å². The van der Waals surface area contributed by atoms with Gasteiger partial charge in [-0.3, -0.25) is 4.79 Å². The van der Waals surface area contributed by atoms with E-state index in [4.69, 9.17) is 5.11 Å². The average molecular weight is 262 g/mol. The minimum absolute atomic E-state index is 0.217. The van der Waals surface area contributed by atoms with Crippen LogP contribution in [0.25, 0.3) is 0 Å². The maximum Gasteiger partial charge on any atom is 0.305 e. The molecule has 1 aromatic rings. The first-order valence-electron chi connectivity index (χ1n) is 5.48. The summed E-state index contributed by atoms with van der Waals surface area (Å²) in [6, 6.07) is -0.679. The van der Waals surface area contributed by atoms with Crippen LogP contribution in [0.2, 0.25) is 0 Å². The number of carbonyl (C=O) groups is 1. The first kappa shape index (κ1) is 14.5. The summed E-state index contributed by atoms with van der Waals surface area (Å²) in [7, 11) is 0. The van der Waals surface area contributed by atoms with Crippen LogP contribution in [-0.4, -0.2) is 31.3 Å². The van der Waals surface area contributed by atoms with Crippen LogP contribution in [0, 0.1) is 5.41 Å². The zero-order chi connectivity index (χ0) is 13.9. The smallest absolute Gasteiger partial charge is 0.305 e. The van der Waals surface area contributed by atoms with E-state index < -0.39 is 24.3 Å². The molecule has 0 saturated carbocycles. The van der Waals surface area contributed by atoms with E-state index in [0.717, 1.165) is 4.68 Å². The summed E-state index contributed by atoms with van der Waals surface area (Å²) >= 11 is 0. The summed E-state index contributed by atoms with van der Waals surface area (Å²) in [5.74, 6) is -1.66. The number of nitrogens with zero attached hydrogens (tertiary/aromatic N) is 4. The highest BCUT2D eigenvalue weighted by molar-refractivity contribution is 5.67. The van der Waals surface area contributed by atoms with Crippen LogP contribution < -0.4 is 0 Å². The summed E-state index contributed by atoms with van der Waals surface area (Å²) in [5.41, 5.74) is -0.217. The van der Waals surface area contributed by atoms with E-state index in [1.807, 2.05) is 20.8 Å². The molecule has 0 saturated heterocycles. The van der Waals surface area contributed by atoms with Crippen LogP contribution >= 0.6 is 0 Å². The third-order valence-corrected chi connectivity index (χ3v) is 2.32. The molecule has 0 aliphatic rings. The van der Waals surface area contributed by atoms with Gasteiger partial charge in [-0.25, -0.2) is 13.5 Å². The molecule has 0 aliphatic heterocycles. The largest absolute Gasteiger partial charge is 0.481 e. The molecule has 1 atom stereocenters. The van der Waals surface area contributed by atoms with Crippen molar-refractivity contribution < 1.29 is 18.7 Å². The standard InChI is InChI=1S/C10H16F2N4O2/c1-10(2,3)5-6(4-7(17)18)16-9(8(11)12)13-14-15-16/h6,8H,4-5H2,1-3H3,(H,17,18). The Bertz CT molecular complexity index is 414. The van der Waals surface area contributed by atoms with Gasteiger partial charge in [0.1, 0.15) is 0 Å². The molecule has 0 aliphatic carbocycles. The predicted molar refractivity (Wildman–Crippen MR) is 58.1 cm³/mol. The summed E-state index contributed by atoms with van der Waals surface area (Å²) in [5, 5.41) is 18.8. The van der Waals surface area contributed by atoms with Crippen molar-refractivity contribution in [2.45, 2.75) is 46.1 Å².